The first-order valence-corrected chi connectivity index (χ1v) is 5.88. The zero-order valence-electron chi connectivity index (χ0n) is 12.2. The summed E-state index contributed by atoms with van der Waals surface area (Å²) in [5.74, 6) is 0. The van der Waals surface area contributed by atoms with Gasteiger partial charge < -0.3 is 9.80 Å². The molecule has 0 saturated heterocycles. The fourth-order valence-corrected chi connectivity index (χ4v) is 1.35. The minimum absolute atomic E-state index is 0. The topological polar surface area (TPSA) is 6.48 Å². The molecule has 19 heavy (non-hydrogen) atoms. The summed E-state index contributed by atoms with van der Waals surface area (Å²) < 4.78 is 0. The number of nitrogens with zero attached hydrogens (tertiary/aromatic N) is 2. The molecule has 0 aliphatic rings. The molecule has 0 bridgehead atoms. The predicted molar refractivity (Wildman–Crippen MR) is 79.2 cm³/mol. The summed E-state index contributed by atoms with van der Waals surface area (Å²) in [6.07, 6.45) is 0. The van der Waals surface area contributed by atoms with Gasteiger partial charge in [0, 0.05) is 28.2 Å². The molecule has 0 radical (unpaired) electrons. The molecule has 0 aliphatic carbocycles. The fourth-order valence-electron chi connectivity index (χ4n) is 1.35. The van der Waals surface area contributed by atoms with Crippen molar-refractivity contribution in [3.05, 3.63) is 60.7 Å². The van der Waals surface area contributed by atoms with Crippen LogP contribution in [0, 0.1) is 12.1 Å². The summed E-state index contributed by atoms with van der Waals surface area (Å²) in [6.45, 7) is 0. The molecule has 2 aromatic rings. The molecule has 0 fully saturated rings. The molecule has 0 N–H and O–H groups in total. The molecule has 3 heteroatoms. The zero-order chi connectivity index (χ0) is 13.4. The van der Waals surface area contributed by atoms with Crippen molar-refractivity contribution in [2.45, 2.75) is 0 Å². The normalized spacial score (nSPS) is 8.63. The van der Waals surface area contributed by atoms with Gasteiger partial charge >= 0.3 is 19.5 Å². The van der Waals surface area contributed by atoms with E-state index in [4.69, 9.17) is 0 Å². The van der Waals surface area contributed by atoms with Crippen molar-refractivity contribution >= 4 is 11.4 Å². The second-order valence-electron chi connectivity index (χ2n) is 4.31. The Balaban J connectivity index is 0.000000324. The molecule has 2 aromatic carbocycles. The average Bonchev–Trinajstić information content (AvgIpc) is 2.41. The van der Waals surface area contributed by atoms with E-state index >= 15 is 0 Å². The first kappa shape index (κ1) is 17.7. The average molecular weight is 306 g/mol. The predicted octanol–water partition coefficient (Wildman–Crippen LogP) is 3.10. The molecule has 0 aromatic heterocycles. The van der Waals surface area contributed by atoms with Gasteiger partial charge in [-0.05, 0) is 0 Å². The number of anilines is 2. The standard InChI is InChI=1S/2C8H10N.Zn/c2*1-9(2)8-6-4-3-5-7-8;/h2*4-7H,1-2H3;/q2*-1;+2. The molecule has 0 aliphatic heterocycles. The van der Waals surface area contributed by atoms with Crippen LogP contribution < -0.4 is 9.80 Å². The van der Waals surface area contributed by atoms with Crippen LogP contribution in [-0.2, 0) is 19.5 Å². The van der Waals surface area contributed by atoms with Gasteiger partial charge in [-0.15, -0.1) is 24.3 Å². The summed E-state index contributed by atoms with van der Waals surface area (Å²) in [4.78, 5) is 4.13. The van der Waals surface area contributed by atoms with Gasteiger partial charge in [-0.2, -0.15) is 36.4 Å². The van der Waals surface area contributed by atoms with E-state index in [-0.39, 0.29) is 19.5 Å². The summed E-state index contributed by atoms with van der Waals surface area (Å²) in [7, 11) is 8.09. The minimum Gasteiger partial charge on any atom is -0.399 e. The van der Waals surface area contributed by atoms with E-state index in [1.54, 1.807) is 0 Å². The van der Waals surface area contributed by atoms with Gasteiger partial charge in [0.1, 0.15) is 0 Å². The third-order valence-electron chi connectivity index (χ3n) is 2.43. The first-order valence-electron chi connectivity index (χ1n) is 5.88. The van der Waals surface area contributed by atoms with Crippen molar-refractivity contribution in [2.75, 3.05) is 38.0 Å². The SMILES string of the molecule is CN(C)c1cc[c-]cc1.CN(C)c1cc[c-]cc1.[Zn+2]. The Hall–Kier alpha value is -1.34. The summed E-state index contributed by atoms with van der Waals surface area (Å²) >= 11 is 0. The Morgan fingerprint density at radius 2 is 0.895 bits per heavy atom. The molecule has 0 amide bonds. The van der Waals surface area contributed by atoms with Crippen LogP contribution in [0.5, 0.6) is 0 Å². The molecule has 2 nitrogen and oxygen atoms in total. The van der Waals surface area contributed by atoms with Gasteiger partial charge in [-0.1, -0.05) is 11.4 Å². The Morgan fingerprint density at radius 3 is 1.05 bits per heavy atom. The fraction of sp³-hybridized carbons (Fsp3) is 0.250. The monoisotopic (exact) mass is 304 g/mol. The minimum atomic E-state index is 0. The van der Waals surface area contributed by atoms with Gasteiger partial charge in [0.05, 0.1) is 0 Å². The quantitative estimate of drug-likeness (QED) is 0.621. The van der Waals surface area contributed by atoms with Crippen LogP contribution >= 0.6 is 0 Å². The molecule has 0 saturated carbocycles. The van der Waals surface area contributed by atoms with Gasteiger partial charge in [0.15, 0.2) is 0 Å². The molecule has 96 valence electrons. The Labute approximate surface area is 129 Å². The summed E-state index contributed by atoms with van der Waals surface area (Å²) in [5.41, 5.74) is 2.43. The molecular formula is C16H20N2Zn. The maximum atomic E-state index is 2.96. The van der Waals surface area contributed by atoms with Crippen LogP contribution in [0.15, 0.2) is 48.5 Å². The van der Waals surface area contributed by atoms with Crippen molar-refractivity contribution in [2.24, 2.45) is 0 Å². The van der Waals surface area contributed by atoms with E-state index in [0.29, 0.717) is 0 Å². The van der Waals surface area contributed by atoms with Crippen molar-refractivity contribution in [3.63, 3.8) is 0 Å². The van der Waals surface area contributed by atoms with Gasteiger partial charge in [-0.25, -0.2) is 0 Å². The molecule has 0 heterocycles. The van der Waals surface area contributed by atoms with E-state index in [1.807, 2.05) is 76.7 Å². The van der Waals surface area contributed by atoms with Crippen molar-refractivity contribution in [1.82, 2.24) is 0 Å². The largest absolute Gasteiger partial charge is 2.00 e. The maximum Gasteiger partial charge on any atom is 2.00 e. The maximum absolute atomic E-state index is 2.96. The van der Waals surface area contributed by atoms with E-state index < -0.39 is 0 Å². The first-order chi connectivity index (χ1) is 8.61. The van der Waals surface area contributed by atoms with Crippen molar-refractivity contribution < 1.29 is 19.5 Å². The van der Waals surface area contributed by atoms with Crippen LogP contribution in [0.2, 0.25) is 0 Å². The summed E-state index contributed by atoms with van der Waals surface area (Å²) in [6, 6.07) is 21.7. The van der Waals surface area contributed by atoms with E-state index in [2.05, 4.69) is 21.9 Å². The van der Waals surface area contributed by atoms with Gasteiger partial charge in [0.2, 0.25) is 0 Å². The molecule has 0 spiro atoms. The Morgan fingerprint density at radius 1 is 0.632 bits per heavy atom. The number of hydrogen-bond donors (Lipinski definition) is 0. The van der Waals surface area contributed by atoms with Gasteiger partial charge in [0.25, 0.3) is 0 Å². The Bertz CT molecular complexity index is 384. The second-order valence-corrected chi connectivity index (χ2v) is 4.31. The van der Waals surface area contributed by atoms with Crippen molar-refractivity contribution in [1.29, 1.82) is 0 Å². The van der Waals surface area contributed by atoms with Crippen LogP contribution in [-0.4, -0.2) is 28.2 Å². The van der Waals surface area contributed by atoms with E-state index in [0.717, 1.165) is 0 Å². The second kappa shape index (κ2) is 9.57. The molecular weight excluding hydrogens is 286 g/mol. The van der Waals surface area contributed by atoms with Crippen LogP contribution in [0.4, 0.5) is 11.4 Å². The third kappa shape index (κ3) is 6.98. The smallest absolute Gasteiger partial charge is 0.399 e. The molecule has 2 rings (SSSR count). The van der Waals surface area contributed by atoms with Gasteiger partial charge in [-0.3, -0.25) is 0 Å². The Kier molecular flexibility index (Phi) is 8.90. The summed E-state index contributed by atoms with van der Waals surface area (Å²) in [5, 5.41) is 0. The number of hydrogen-bond acceptors (Lipinski definition) is 2. The number of benzene rings is 2. The third-order valence-corrected chi connectivity index (χ3v) is 2.43. The van der Waals surface area contributed by atoms with Crippen LogP contribution in [0.25, 0.3) is 0 Å². The van der Waals surface area contributed by atoms with Crippen LogP contribution in [0.3, 0.4) is 0 Å². The molecule has 0 unspecified atom stereocenters. The zero-order valence-corrected chi connectivity index (χ0v) is 15.2. The van der Waals surface area contributed by atoms with E-state index in [9.17, 15) is 0 Å². The van der Waals surface area contributed by atoms with E-state index in [1.165, 1.54) is 11.4 Å². The number of rotatable bonds is 2. The van der Waals surface area contributed by atoms with Crippen LogP contribution in [0.1, 0.15) is 0 Å². The van der Waals surface area contributed by atoms with Crippen molar-refractivity contribution in [3.8, 4) is 0 Å². The molecule has 0 atom stereocenters.